The van der Waals surface area contributed by atoms with Gasteiger partial charge in [-0.2, -0.15) is 0 Å². The van der Waals surface area contributed by atoms with Gasteiger partial charge in [0.1, 0.15) is 22.2 Å². The van der Waals surface area contributed by atoms with E-state index in [0.717, 1.165) is 31.5 Å². The highest BCUT2D eigenvalue weighted by molar-refractivity contribution is 6.32. The van der Waals surface area contributed by atoms with E-state index in [1.54, 1.807) is 12.3 Å². The van der Waals surface area contributed by atoms with Crippen LogP contribution in [0.2, 0.25) is 10.3 Å². The van der Waals surface area contributed by atoms with E-state index in [-0.39, 0.29) is 0 Å². The average Bonchev–Trinajstić information content (AvgIpc) is 3.10. The first-order valence-corrected chi connectivity index (χ1v) is 8.15. The molecule has 2 atom stereocenters. The maximum atomic E-state index is 10.3. The van der Waals surface area contributed by atoms with Gasteiger partial charge in [-0.3, -0.25) is 4.90 Å². The summed E-state index contributed by atoms with van der Waals surface area (Å²) in [6.45, 7) is 1.77. The molecule has 0 amide bonds. The number of pyridine rings is 1. The van der Waals surface area contributed by atoms with Crippen molar-refractivity contribution < 1.29 is 9.52 Å². The molecular formula is C16H18Cl2N2O2. The maximum Gasteiger partial charge on any atom is 0.132 e. The van der Waals surface area contributed by atoms with E-state index in [1.165, 1.54) is 0 Å². The molecule has 3 heterocycles. The third-order valence-corrected chi connectivity index (χ3v) is 4.46. The lowest BCUT2D eigenvalue weighted by atomic mass is 10.0. The summed E-state index contributed by atoms with van der Waals surface area (Å²) in [6.07, 6.45) is 3.89. The van der Waals surface area contributed by atoms with Crippen molar-refractivity contribution in [2.45, 2.75) is 38.0 Å². The Morgan fingerprint density at radius 3 is 2.82 bits per heavy atom. The van der Waals surface area contributed by atoms with Gasteiger partial charge in [0.25, 0.3) is 0 Å². The predicted octanol–water partition coefficient (Wildman–Crippen LogP) is 4.07. The zero-order valence-electron chi connectivity index (χ0n) is 12.1. The fraction of sp³-hybridized carbons (Fsp3) is 0.438. The minimum atomic E-state index is -0.565. The monoisotopic (exact) mass is 340 g/mol. The van der Waals surface area contributed by atoms with Crippen LogP contribution in [-0.2, 0) is 6.54 Å². The summed E-state index contributed by atoms with van der Waals surface area (Å²) in [5.74, 6) is 0.627. The molecule has 1 N–H and O–H groups in total. The van der Waals surface area contributed by atoms with Gasteiger partial charge in [-0.15, -0.1) is 0 Å². The highest BCUT2D eigenvalue weighted by Gasteiger charge is 2.28. The standard InChI is InChI=1S/C16H18Cl2N2O2/c17-15-7-11(8-16(18)19-15)10-20-5-1-3-12(20)9-13(21)14-4-2-6-22-14/h2,4,6-8,12-13,21H,1,3,5,9-10H2. The summed E-state index contributed by atoms with van der Waals surface area (Å²) in [4.78, 5) is 6.33. The van der Waals surface area contributed by atoms with Crippen LogP contribution in [0, 0.1) is 0 Å². The first-order chi connectivity index (χ1) is 10.6. The Labute approximate surface area is 139 Å². The molecule has 1 aliphatic heterocycles. The van der Waals surface area contributed by atoms with Crippen molar-refractivity contribution in [3.05, 3.63) is 52.2 Å². The highest BCUT2D eigenvalue weighted by atomic mass is 35.5. The number of furan rings is 1. The van der Waals surface area contributed by atoms with Crippen LogP contribution in [0.15, 0.2) is 34.9 Å². The van der Waals surface area contributed by atoms with Crippen molar-refractivity contribution >= 4 is 23.2 Å². The van der Waals surface area contributed by atoms with Crippen LogP contribution in [0.25, 0.3) is 0 Å². The molecule has 0 aliphatic carbocycles. The molecule has 6 heteroatoms. The summed E-state index contributed by atoms with van der Waals surface area (Å²) < 4.78 is 5.28. The first-order valence-electron chi connectivity index (χ1n) is 7.39. The zero-order valence-corrected chi connectivity index (χ0v) is 13.6. The van der Waals surface area contributed by atoms with Crippen LogP contribution in [0.5, 0.6) is 0 Å². The molecule has 2 aromatic heterocycles. The summed E-state index contributed by atoms with van der Waals surface area (Å²) in [6, 6.07) is 7.61. The zero-order chi connectivity index (χ0) is 15.5. The fourth-order valence-electron chi connectivity index (χ4n) is 3.06. The van der Waals surface area contributed by atoms with Crippen LogP contribution in [0.1, 0.15) is 36.7 Å². The molecule has 3 rings (SSSR count). The normalized spacial score (nSPS) is 20.4. The Morgan fingerprint density at radius 2 is 2.14 bits per heavy atom. The number of halogens is 2. The number of hydrogen-bond donors (Lipinski definition) is 1. The van der Waals surface area contributed by atoms with Crippen molar-refractivity contribution in [2.75, 3.05) is 6.54 Å². The van der Waals surface area contributed by atoms with Gasteiger partial charge in [-0.1, -0.05) is 23.2 Å². The highest BCUT2D eigenvalue weighted by Crippen LogP contribution is 2.29. The molecule has 0 aromatic carbocycles. The summed E-state index contributed by atoms with van der Waals surface area (Å²) in [5, 5.41) is 11.1. The number of aliphatic hydroxyl groups is 1. The average molecular weight is 341 g/mol. The third-order valence-electron chi connectivity index (χ3n) is 4.07. The number of nitrogens with zero attached hydrogens (tertiary/aromatic N) is 2. The Hall–Kier alpha value is -1.07. The van der Waals surface area contributed by atoms with Crippen LogP contribution in [0.4, 0.5) is 0 Å². The SMILES string of the molecule is OC(CC1CCCN1Cc1cc(Cl)nc(Cl)c1)c1ccco1. The van der Waals surface area contributed by atoms with E-state index >= 15 is 0 Å². The van der Waals surface area contributed by atoms with Crippen LogP contribution in [-0.4, -0.2) is 27.6 Å². The maximum absolute atomic E-state index is 10.3. The minimum absolute atomic E-state index is 0.325. The van der Waals surface area contributed by atoms with Gasteiger partial charge in [0.05, 0.1) is 6.26 Å². The number of hydrogen-bond acceptors (Lipinski definition) is 4. The molecule has 118 valence electrons. The lowest BCUT2D eigenvalue weighted by Crippen LogP contribution is -2.30. The van der Waals surface area contributed by atoms with Crippen molar-refractivity contribution in [2.24, 2.45) is 0 Å². The van der Waals surface area contributed by atoms with Gasteiger partial charge >= 0.3 is 0 Å². The van der Waals surface area contributed by atoms with Gasteiger partial charge in [-0.05, 0) is 55.6 Å². The first kappa shape index (κ1) is 15.8. The lowest BCUT2D eigenvalue weighted by Gasteiger charge is -2.26. The second-order valence-corrected chi connectivity index (χ2v) is 6.43. The van der Waals surface area contributed by atoms with Crippen LogP contribution >= 0.6 is 23.2 Å². The van der Waals surface area contributed by atoms with Crippen molar-refractivity contribution in [1.82, 2.24) is 9.88 Å². The van der Waals surface area contributed by atoms with Crippen molar-refractivity contribution in [3.63, 3.8) is 0 Å². The Morgan fingerprint density at radius 1 is 1.36 bits per heavy atom. The molecule has 0 spiro atoms. The van der Waals surface area contributed by atoms with E-state index in [1.807, 2.05) is 18.2 Å². The van der Waals surface area contributed by atoms with E-state index in [9.17, 15) is 5.11 Å². The number of aliphatic hydroxyl groups excluding tert-OH is 1. The second-order valence-electron chi connectivity index (χ2n) is 5.65. The molecule has 0 bridgehead atoms. The van der Waals surface area contributed by atoms with E-state index in [4.69, 9.17) is 27.6 Å². The number of rotatable bonds is 5. The largest absolute Gasteiger partial charge is 0.467 e. The second kappa shape index (κ2) is 7.01. The van der Waals surface area contributed by atoms with Gasteiger partial charge in [0.15, 0.2) is 0 Å². The fourth-order valence-corrected chi connectivity index (χ4v) is 3.57. The van der Waals surface area contributed by atoms with E-state index in [0.29, 0.717) is 28.5 Å². The smallest absolute Gasteiger partial charge is 0.132 e. The topological polar surface area (TPSA) is 49.5 Å². The van der Waals surface area contributed by atoms with Gasteiger partial charge in [0.2, 0.25) is 0 Å². The van der Waals surface area contributed by atoms with Crippen molar-refractivity contribution in [1.29, 1.82) is 0 Å². The molecular weight excluding hydrogens is 323 g/mol. The quantitative estimate of drug-likeness (QED) is 0.833. The van der Waals surface area contributed by atoms with Gasteiger partial charge < -0.3 is 9.52 Å². The van der Waals surface area contributed by atoms with Gasteiger partial charge in [0, 0.05) is 12.6 Å². The third kappa shape index (κ3) is 3.82. The Balaban J connectivity index is 1.65. The van der Waals surface area contributed by atoms with Crippen LogP contribution in [0.3, 0.4) is 0 Å². The number of likely N-dealkylation sites (tertiary alicyclic amines) is 1. The molecule has 4 nitrogen and oxygen atoms in total. The minimum Gasteiger partial charge on any atom is -0.467 e. The molecule has 2 unspecified atom stereocenters. The van der Waals surface area contributed by atoms with E-state index in [2.05, 4.69) is 9.88 Å². The van der Waals surface area contributed by atoms with Gasteiger partial charge in [-0.25, -0.2) is 4.98 Å². The van der Waals surface area contributed by atoms with Crippen LogP contribution < -0.4 is 0 Å². The molecule has 1 aliphatic rings. The number of aromatic nitrogens is 1. The lowest BCUT2D eigenvalue weighted by molar-refractivity contribution is 0.0995. The molecule has 2 aromatic rings. The molecule has 0 saturated carbocycles. The Bertz CT molecular complexity index is 598. The summed E-state index contributed by atoms with van der Waals surface area (Å²) >= 11 is 11.9. The molecule has 22 heavy (non-hydrogen) atoms. The summed E-state index contributed by atoms with van der Waals surface area (Å²) in [5.41, 5.74) is 1.05. The van der Waals surface area contributed by atoms with E-state index < -0.39 is 6.10 Å². The molecule has 1 saturated heterocycles. The predicted molar refractivity (Wildman–Crippen MR) is 86.0 cm³/mol. The summed E-state index contributed by atoms with van der Waals surface area (Å²) in [7, 11) is 0. The van der Waals surface area contributed by atoms with Crippen molar-refractivity contribution in [3.8, 4) is 0 Å². The Kier molecular flexibility index (Phi) is 5.03. The molecule has 1 fully saturated rings. The molecule has 0 radical (unpaired) electrons.